The first kappa shape index (κ1) is 28.4. The van der Waals surface area contributed by atoms with Gasteiger partial charge in [0.05, 0.1) is 28.8 Å². The minimum atomic E-state index is -4.06. The van der Waals surface area contributed by atoms with E-state index in [0.29, 0.717) is 24.6 Å². The maximum Gasteiger partial charge on any atom is 0.269 e. The second-order valence-corrected chi connectivity index (χ2v) is 12.5. The number of fused-ring (bicyclic) bond motifs is 1. The molecule has 0 bridgehead atoms. The van der Waals surface area contributed by atoms with Crippen LogP contribution < -0.4 is 5.32 Å². The van der Waals surface area contributed by atoms with Crippen LogP contribution in [0.25, 0.3) is 22.4 Å². The normalized spacial score (nSPS) is 20.5. The van der Waals surface area contributed by atoms with Crippen LogP contribution in [-0.4, -0.2) is 61.1 Å². The lowest BCUT2D eigenvalue weighted by Crippen LogP contribution is -2.44. The van der Waals surface area contributed by atoms with Crippen molar-refractivity contribution in [1.82, 2.24) is 18.9 Å². The largest absolute Gasteiger partial charge is 0.394 e. The summed E-state index contributed by atoms with van der Waals surface area (Å²) >= 11 is 6.20. The predicted molar refractivity (Wildman–Crippen MR) is 148 cm³/mol. The molecule has 3 heterocycles. The lowest BCUT2D eigenvalue weighted by atomic mass is 9.80. The zero-order valence-electron chi connectivity index (χ0n) is 21.6. The zero-order valence-corrected chi connectivity index (χ0v) is 23.2. The van der Waals surface area contributed by atoms with Crippen LogP contribution in [-0.2, 0) is 10.0 Å². The summed E-state index contributed by atoms with van der Waals surface area (Å²) in [6.07, 6.45) is 4.92. The van der Waals surface area contributed by atoms with E-state index in [1.807, 2.05) is 6.92 Å². The van der Waals surface area contributed by atoms with Gasteiger partial charge in [-0.15, -0.1) is 0 Å². The molecule has 4 aromatic rings. The molecule has 1 fully saturated rings. The van der Waals surface area contributed by atoms with Crippen molar-refractivity contribution in [2.45, 2.75) is 55.8 Å². The first-order valence-electron chi connectivity index (χ1n) is 12.8. The highest BCUT2D eigenvalue weighted by Crippen LogP contribution is 2.37. The number of nitrogens with one attached hydrogen (secondary N) is 1. The first-order valence-corrected chi connectivity index (χ1v) is 14.6. The van der Waals surface area contributed by atoms with Crippen molar-refractivity contribution in [2.75, 3.05) is 11.9 Å². The fourth-order valence-corrected chi connectivity index (χ4v) is 6.67. The fraction of sp³-hybridized carbons (Fsp3) is 0.370. The number of aromatic nitrogens is 4. The van der Waals surface area contributed by atoms with Crippen molar-refractivity contribution in [2.24, 2.45) is 5.92 Å². The summed E-state index contributed by atoms with van der Waals surface area (Å²) in [6, 6.07) is 7.91. The number of pyridine rings is 1. The standard InChI is InChI=1S/C27H29ClFN5O5S/c1-16-4-6-20(7-5-16)40(38,39)34-14-22(21-10-18(28)12-31-26(21)34)24-30-13-23(29)25(32-24)33-27(37)8-2-3-17(11-27)9-19(36)15-35/h4-7,10,12-14,17,19,35-37H,2-3,8-9,11,15H2,1H3,(H,30,32,33). The van der Waals surface area contributed by atoms with E-state index in [1.54, 1.807) is 12.1 Å². The van der Waals surface area contributed by atoms with Gasteiger partial charge < -0.3 is 20.6 Å². The van der Waals surface area contributed by atoms with Gasteiger partial charge in [-0.1, -0.05) is 29.3 Å². The Balaban J connectivity index is 1.54. The molecule has 3 atom stereocenters. The van der Waals surface area contributed by atoms with E-state index in [9.17, 15) is 28.1 Å². The molecule has 1 aliphatic rings. The third-order valence-electron chi connectivity index (χ3n) is 7.14. The van der Waals surface area contributed by atoms with Crippen LogP contribution in [0.1, 0.15) is 37.7 Å². The zero-order chi connectivity index (χ0) is 28.7. The molecule has 0 aliphatic heterocycles. The minimum absolute atomic E-state index is 0.00230. The Kier molecular flexibility index (Phi) is 7.81. The van der Waals surface area contributed by atoms with Crippen molar-refractivity contribution in [1.29, 1.82) is 0 Å². The molecular formula is C27H29ClFN5O5S. The van der Waals surface area contributed by atoms with E-state index in [4.69, 9.17) is 11.6 Å². The van der Waals surface area contributed by atoms with E-state index < -0.39 is 27.7 Å². The Bertz CT molecular complexity index is 1650. The molecule has 0 amide bonds. The van der Waals surface area contributed by atoms with Gasteiger partial charge in [0.2, 0.25) is 0 Å². The number of hydrogen-bond donors (Lipinski definition) is 4. The maximum absolute atomic E-state index is 14.9. The molecule has 10 nitrogen and oxygen atoms in total. The summed E-state index contributed by atoms with van der Waals surface area (Å²) in [5.74, 6) is -1.14. The molecule has 4 N–H and O–H groups in total. The molecule has 0 radical (unpaired) electrons. The number of nitrogens with zero attached hydrogens (tertiary/aromatic N) is 4. The van der Waals surface area contributed by atoms with Crippen LogP contribution in [0.4, 0.5) is 10.2 Å². The van der Waals surface area contributed by atoms with Gasteiger partial charge in [-0.3, -0.25) is 0 Å². The monoisotopic (exact) mass is 589 g/mol. The quantitative estimate of drug-likeness (QED) is 0.225. The second kappa shape index (κ2) is 11.0. The van der Waals surface area contributed by atoms with Gasteiger partial charge in [-0.2, -0.15) is 0 Å². The second-order valence-electron chi connectivity index (χ2n) is 10.3. The lowest BCUT2D eigenvalue weighted by Gasteiger charge is -2.38. The van der Waals surface area contributed by atoms with Crippen LogP contribution in [0.15, 0.2) is 53.8 Å². The van der Waals surface area contributed by atoms with Crippen molar-refractivity contribution >= 4 is 38.5 Å². The van der Waals surface area contributed by atoms with Gasteiger partial charge in [-0.25, -0.2) is 31.7 Å². The van der Waals surface area contributed by atoms with Crippen LogP contribution in [0.2, 0.25) is 5.02 Å². The van der Waals surface area contributed by atoms with Gasteiger partial charge in [0, 0.05) is 23.3 Å². The number of rotatable bonds is 8. The molecule has 13 heteroatoms. The molecule has 0 saturated heterocycles. The summed E-state index contributed by atoms with van der Waals surface area (Å²) in [7, 11) is -4.06. The molecule has 1 aliphatic carbocycles. The van der Waals surface area contributed by atoms with Gasteiger partial charge in [0.15, 0.2) is 23.1 Å². The van der Waals surface area contributed by atoms with Crippen molar-refractivity contribution in [3.05, 3.63) is 65.3 Å². The number of aliphatic hydroxyl groups excluding tert-OH is 2. The Labute approximate surface area is 235 Å². The summed E-state index contributed by atoms with van der Waals surface area (Å²) in [4.78, 5) is 12.7. The third-order valence-corrected chi connectivity index (χ3v) is 9.01. The maximum atomic E-state index is 14.9. The van der Waals surface area contributed by atoms with Gasteiger partial charge in [-0.05, 0) is 63.1 Å². The number of aryl methyl sites for hydroxylation is 1. The molecule has 212 valence electrons. The Morgan fingerprint density at radius 1 is 1.25 bits per heavy atom. The Morgan fingerprint density at radius 2 is 2.00 bits per heavy atom. The van der Waals surface area contributed by atoms with Crippen LogP contribution >= 0.6 is 11.6 Å². The Morgan fingerprint density at radius 3 is 2.73 bits per heavy atom. The van der Waals surface area contributed by atoms with E-state index in [1.165, 1.54) is 30.6 Å². The Hall–Kier alpha value is -3.16. The average Bonchev–Trinajstić information content (AvgIpc) is 3.29. The first-order chi connectivity index (χ1) is 19.0. The minimum Gasteiger partial charge on any atom is -0.394 e. The summed E-state index contributed by atoms with van der Waals surface area (Å²) in [5, 5.41) is 33.7. The van der Waals surface area contributed by atoms with Gasteiger partial charge >= 0.3 is 0 Å². The molecule has 1 aromatic carbocycles. The molecule has 5 rings (SSSR count). The van der Waals surface area contributed by atoms with E-state index in [2.05, 4.69) is 20.3 Å². The number of hydrogen-bond acceptors (Lipinski definition) is 9. The van der Waals surface area contributed by atoms with Crippen molar-refractivity contribution in [3.8, 4) is 11.4 Å². The molecular weight excluding hydrogens is 561 g/mol. The van der Waals surface area contributed by atoms with E-state index in [-0.39, 0.29) is 51.7 Å². The highest BCUT2D eigenvalue weighted by molar-refractivity contribution is 7.90. The SMILES string of the molecule is Cc1ccc(S(=O)(=O)n2cc(-c3ncc(F)c(NC4(O)CCCC(CC(O)CO)C4)n3)c3cc(Cl)cnc32)cc1. The van der Waals surface area contributed by atoms with Gasteiger partial charge in [0.1, 0.15) is 5.72 Å². The number of anilines is 1. The van der Waals surface area contributed by atoms with E-state index >= 15 is 0 Å². The smallest absolute Gasteiger partial charge is 0.269 e. The summed E-state index contributed by atoms with van der Waals surface area (Å²) in [6.45, 7) is 1.47. The number of halogens is 2. The lowest BCUT2D eigenvalue weighted by molar-refractivity contribution is -0.00842. The molecule has 40 heavy (non-hydrogen) atoms. The van der Waals surface area contributed by atoms with Crippen molar-refractivity contribution < 1.29 is 28.1 Å². The topological polar surface area (TPSA) is 150 Å². The highest BCUT2D eigenvalue weighted by atomic mass is 35.5. The van der Waals surface area contributed by atoms with Crippen LogP contribution in [0, 0.1) is 18.7 Å². The predicted octanol–water partition coefficient (Wildman–Crippen LogP) is 3.87. The highest BCUT2D eigenvalue weighted by Gasteiger charge is 2.36. The number of benzene rings is 1. The summed E-state index contributed by atoms with van der Waals surface area (Å²) < 4.78 is 43.0. The van der Waals surface area contributed by atoms with Crippen LogP contribution in [0.3, 0.4) is 0 Å². The van der Waals surface area contributed by atoms with Gasteiger partial charge in [0.25, 0.3) is 10.0 Å². The van der Waals surface area contributed by atoms with Crippen molar-refractivity contribution in [3.63, 3.8) is 0 Å². The van der Waals surface area contributed by atoms with Crippen LogP contribution in [0.5, 0.6) is 0 Å². The summed E-state index contributed by atoms with van der Waals surface area (Å²) in [5.41, 5.74) is -0.253. The fourth-order valence-electron chi connectivity index (χ4n) is 5.18. The average molecular weight is 590 g/mol. The number of aliphatic hydroxyl groups is 3. The molecule has 1 saturated carbocycles. The molecule has 3 unspecified atom stereocenters. The third kappa shape index (κ3) is 5.68. The van der Waals surface area contributed by atoms with E-state index in [0.717, 1.165) is 22.2 Å². The molecule has 0 spiro atoms. The molecule has 3 aromatic heterocycles.